The number of aliphatic hydroxyl groups excluding tert-OH is 1. The third-order valence-corrected chi connectivity index (χ3v) is 2.22. The maximum atomic E-state index is 13.0. The number of aliphatic hydroxyl groups is 1. The minimum Gasteiger partial charge on any atom is -0.363 e. The molecule has 66 valence electrons. The second-order valence-electron chi connectivity index (χ2n) is 3.48. The molecular weight excluding hydrogens is 154 g/mol. The predicted octanol–water partition coefficient (Wildman–Crippen LogP) is 1.39. The highest BCUT2D eigenvalue weighted by Gasteiger charge is 2.55. The Morgan fingerprint density at radius 2 is 2.00 bits per heavy atom. The molecule has 1 N–H and O–H groups in total. The topological polar surface area (TPSA) is 29.5 Å². The summed E-state index contributed by atoms with van der Waals surface area (Å²) in [6.45, 7) is 3.06. The Labute approximate surface area is 64.2 Å². The first-order chi connectivity index (χ1) is 4.88. The smallest absolute Gasteiger partial charge is 0.302 e. The summed E-state index contributed by atoms with van der Waals surface area (Å²) < 4.78 is 30.4. The monoisotopic (exact) mass is 166 g/mol. The fourth-order valence-corrected chi connectivity index (χ4v) is 1.03. The molecule has 2 nitrogen and oxygen atoms in total. The zero-order valence-electron chi connectivity index (χ0n) is 6.60. The van der Waals surface area contributed by atoms with Crippen molar-refractivity contribution in [2.45, 2.75) is 32.5 Å². The molecule has 11 heavy (non-hydrogen) atoms. The molecule has 1 aliphatic heterocycles. The Hall–Kier alpha value is -0.220. The van der Waals surface area contributed by atoms with Crippen LogP contribution in [0.1, 0.15) is 20.3 Å². The van der Waals surface area contributed by atoms with Crippen molar-refractivity contribution in [1.29, 1.82) is 0 Å². The molecular formula is C7H12F2O2. The maximum absolute atomic E-state index is 13.0. The molecule has 1 unspecified atom stereocenters. The van der Waals surface area contributed by atoms with Crippen LogP contribution in [-0.2, 0) is 4.74 Å². The molecule has 1 atom stereocenters. The first kappa shape index (κ1) is 8.87. The van der Waals surface area contributed by atoms with Gasteiger partial charge in [0.1, 0.15) is 0 Å². The molecule has 1 heterocycles. The minimum atomic E-state index is -3.13. The third-order valence-electron chi connectivity index (χ3n) is 2.22. The van der Waals surface area contributed by atoms with E-state index in [1.165, 1.54) is 13.8 Å². The van der Waals surface area contributed by atoms with Crippen LogP contribution in [0.25, 0.3) is 0 Å². The average molecular weight is 166 g/mol. The summed E-state index contributed by atoms with van der Waals surface area (Å²) in [5.41, 5.74) is -1.16. The lowest BCUT2D eigenvalue weighted by Gasteiger charge is -2.40. The van der Waals surface area contributed by atoms with Gasteiger partial charge in [-0.3, -0.25) is 0 Å². The molecule has 0 saturated carbocycles. The van der Waals surface area contributed by atoms with E-state index < -0.39 is 17.6 Å². The van der Waals surface area contributed by atoms with Gasteiger partial charge in [-0.15, -0.1) is 0 Å². The van der Waals surface area contributed by atoms with Crippen LogP contribution in [0.15, 0.2) is 0 Å². The van der Waals surface area contributed by atoms with Crippen molar-refractivity contribution < 1.29 is 18.6 Å². The molecule has 0 bridgehead atoms. The van der Waals surface area contributed by atoms with Gasteiger partial charge < -0.3 is 9.84 Å². The van der Waals surface area contributed by atoms with Gasteiger partial charge in [0, 0.05) is 5.41 Å². The second-order valence-corrected chi connectivity index (χ2v) is 3.48. The molecule has 1 saturated heterocycles. The number of hydrogen-bond acceptors (Lipinski definition) is 2. The van der Waals surface area contributed by atoms with Gasteiger partial charge in [0.2, 0.25) is 6.29 Å². The van der Waals surface area contributed by atoms with Gasteiger partial charge in [0.05, 0.1) is 6.61 Å². The van der Waals surface area contributed by atoms with E-state index in [1.54, 1.807) is 0 Å². The Balaban J connectivity index is 2.82. The molecule has 0 radical (unpaired) electrons. The highest BCUT2D eigenvalue weighted by atomic mass is 19.3. The molecule has 0 amide bonds. The summed E-state index contributed by atoms with van der Waals surface area (Å²) >= 11 is 0. The zero-order valence-corrected chi connectivity index (χ0v) is 6.60. The molecule has 0 aliphatic carbocycles. The van der Waals surface area contributed by atoms with Gasteiger partial charge in [-0.2, -0.15) is 0 Å². The van der Waals surface area contributed by atoms with Crippen molar-refractivity contribution in [3.8, 4) is 0 Å². The summed E-state index contributed by atoms with van der Waals surface area (Å²) in [5.74, 6) is -3.13. The van der Waals surface area contributed by atoms with E-state index in [9.17, 15) is 8.78 Å². The van der Waals surface area contributed by atoms with Crippen molar-refractivity contribution >= 4 is 0 Å². The highest BCUT2D eigenvalue weighted by Crippen LogP contribution is 2.44. The molecule has 4 heteroatoms. The first-order valence-electron chi connectivity index (χ1n) is 3.55. The Kier molecular flexibility index (Phi) is 1.92. The van der Waals surface area contributed by atoms with Crippen LogP contribution in [0.4, 0.5) is 8.78 Å². The average Bonchev–Trinajstić information content (AvgIpc) is 1.84. The van der Waals surface area contributed by atoms with Gasteiger partial charge in [-0.25, -0.2) is 8.78 Å². The number of alkyl halides is 2. The van der Waals surface area contributed by atoms with Crippen molar-refractivity contribution in [3.05, 3.63) is 0 Å². The molecule has 1 rings (SSSR count). The SMILES string of the molecule is CC1(C)CCOC(O)C1(F)F. The van der Waals surface area contributed by atoms with Gasteiger partial charge >= 0.3 is 5.92 Å². The summed E-state index contributed by atoms with van der Waals surface area (Å²) in [6, 6.07) is 0. The van der Waals surface area contributed by atoms with Crippen LogP contribution < -0.4 is 0 Å². The molecule has 0 aromatic carbocycles. The van der Waals surface area contributed by atoms with Gasteiger partial charge in [0.15, 0.2) is 0 Å². The lowest BCUT2D eigenvalue weighted by molar-refractivity contribution is -0.306. The van der Waals surface area contributed by atoms with Gasteiger partial charge in [-0.05, 0) is 6.42 Å². The Morgan fingerprint density at radius 3 is 2.36 bits per heavy atom. The maximum Gasteiger partial charge on any atom is 0.302 e. The van der Waals surface area contributed by atoms with Gasteiger partial charge in [-0.1, -0.05) is 13.8 Å². The number of ether oxygens (including phenoxy) is 1. The van der Waals surface area contributed by atoms with E-state index >= 15 is 0 Å². The fraction of sp³-hybridized carbons (Fsp3) is 1.00. The van der Waals surface area contributed by atoms with Crippen LogP contribution in [0.3, 0.4) is 0 Å². The number of halogens is 2. The quantitative estimate of drug-likeness (QED) is 0.589. The fourth-order valence-electron chi connectivity index (χ4n) is 1.03. The normalized spacial score (nSPS) is 35.2. The number of hydrogen-bond donors (Lipinski definition) is 1. The molecule has 0 aromatic rings. The summed E-state index contributed by atoms with van der Waals surface area (Å²) in [4.78, 5) is 0. The highest BCUT2D eigenvalue weighted by molar-refractivity contribution is 4.90. The van der Waals surface area contributed by atoms with E-state index in [0.717, 1.165) is 0 Å². The van der Waals surface area contributed by atoms with Crippen LogP contribution in [0.2, 0.25) is 0 Å². The van der Waals surface area contributed by atoms with Crippen molar-refractivity contribution in [2.75, 3.05) is 6.61 Å². The lowest BCUT2D eigenvalue weighted by atomic mass is 9.80. The van der Waals surface area contributed by atoms with Gasteiger partial charge in [0.25, 0.3) is 0 Å². The van der Waals surface area contributed by atoms with Crippen LogP contribution in [0.5, 0.6) is 0 Å². The van der Waals surface area contributed by atoms with Crippen molar-refractivity contribution in [1.82, 2.24) is 0 Å². The van der Waals surface area contributed by atoms with E-state index in [0.29, 0.717) is 0 Å². The van der Waals surface area contributed by atoms with Crippen molar-refractivity contribution in [2.24, 2.45) is 5.41 Å². The predicted molar refractivity (Wildman–Crippen MR) is 35.3 cm³/mol. The second kappa shape index (κ2) is 2.38. The molecule has 0 aromatic heterocycles. The molecule has 1 fully saturated rings. The van der Waals surface area contributed by atoms with Crippen LogP contribution >= 0.6 is 0 Å². The molecule has 1 aliphatic rings. The van der Waals surface area contributed by atoms with Crippen molar-refractivity contribution in [3.63, 3.8) is 0 Å². The Bertz CT molecular complexity index is 157. The third kappa shape index (κ3) is 1.25. The number of rotatable bonds is 0. The van der Waals surface area contributed by atoms with Crippen LogP contribution in [-0.4, -0.2) is 23.9 Å². The summed E-state index contributed by atoms with van der Waals surface area (Å²) in [5, 5.41) is 8.80. The molecule has 0 spiro atoms. The first-order valence-corrected chi connectivity index (χ1v) is 3.55. The van der Waals surface area contributed by atoms with E-state index in [1.807, 2.05) is 0 Å². The largest absolute Gasteiger partial charge is 0.363 e. The minimum absolute atomic E-state index is 0.198. The van der Waals surface area contributed by atoms with E-state index in [2.05, 4.69) is 4.74 Å². The lowest BCUT2D eigenvalue weighted by Crippen LogP contribution is -2.52. The van der Waals surface area contributed by atoms with E-state index in [-0.39, 0.29) is 13.0 Å². The summed E-state index contributed by atoms with van der Waals surface area (Å²) in [7, 11) is 0. The summed E-state index contributed by atoms with van der Waals surface area (Å²) in [6.07, 6.45) is -1.66. The Morgan fingerprint density at radius 1 is 1.45 bits per heavy atom. The zero-order chi connectivity index (χ0) is 8.70. The van der Waals surface area contributed by atoms with E-state index in [4.69, 9.17) is 5.11 Å². The van der Waals surface area contributed by atoms with Crippen LogP contribution in [0, 0.1) is 5.41 Å². The standard InChI is InChI=1S/C7H12F2O2/c1-6(2)3-4-11-5(10)7(6,8)9/h5,10H,3-4H2,1-2H3.